The van der Waals surface area contributed by atoms with Gasteiger partial charge in [0.2, 0.25) is 0 Å². The Bertz CT molecular complexity index is 1410. The Hall–Kier alpha value is -4.17. The molecular weight excluding hydrogens is 426 g/mol. The second kappa shape index (κ2) is 8.16. The first-order valence-electron chi connectivity index (χ1n) is 9.85. The third kappa shape index (κ3) is 3.79. The minimum Gasteiger partial charge on any atom is -0.354 e. The van der Waals surface area contributed by atoms with Crippen molar-refractivity contribution in [3.63, 3.8) is 0 Å². The predicted octanol–water partition coefficient (Wildman–Crippen LogP) is 4.77. The average Bonchev–Trinajstić information content (AvgIpc) is 3.50. The number of H-pyrrole nitrogens is 2. The number of hydrogen-bond donors (Lipinski definition) is 4. The van der Waals surface area contributed by atoms with Gasteiger partial charge in [0.1, 0.15) is 10.7 Å². The molecule has 0 spiro atoms. The first kappa shape index (κ1) is 19.8. The molecule has 0 saturated carbocycles. The van der Waals surface area contributed by atoms with E-state index in [0.29, 0.717) is 22.4 Å². The van der Waals surface area contributed by atoms with Crippen molar-refractivity contribution in [1.82, 2.24) is 30.5 Å². The van der Waals surface area contributed by atoms with Crippen LogP contribution in [0.1, 0.15) is 10.5 Å². The van der Waals surface area contributed by atoms with Gasteiger partial charge in [-0.1, -0.05) is 35.9 Å². The van der Waals surface area contributed by atoms with Crippen LogP contribution in [0.2, 0.25) is 5.02 Å². The summed E-state index contributed by atoms with van der Waals surface area (Å²) in [5, 5.41) is 14.0. The predicted molar refractivity (Wildman–Crippen MR) is 125 cm³/mol. The molecule has 0 aliphatic carbocycles. The normalized spacial score (nSPS) is 10.9. The third-order valence-corrected chi connectivity index (χ3v) is 5.35. The van der Waals surface area contributed by atoms with Crippen LogP contribution >= 0.6 is 11.6 Å². The zero-order valence-corrected chi connectivity index (χ0v) is 17.7. The summed E-state index contributed by atoms with van der Waals surface area (Å²) in [6.07, 6.45) is 5.18. The summed E-state index contributed by atoms with van der Waals surface area (Å²) in [5.74, 6) is 0.853. The fourth-order valence-electron chi connectivity index (χ4n) is 3.41. The number of anilines is 2. The molecule has 0 aliphatic rings. The summed E-state index contributed by atoms with van der Waals surface area (Å²) in [5.41, 5.74) is 5.03. The van der Waals surface area contributed by atoms with Gasteiger partial charge in [-0.15, -0.1) is 0 Å². The van der Waals surface area contributed by atoms with Gasteiger partial charge in [0.05, 0.1) is 12.4 Å². The zero-order chi connectivity index (χ0) is 22.1. The smallest absolute Gasteiger partial charge is 0.267 e. The molecule has 0 bridgehead atoms. The SMILES string of the molecule is CNC(=O)c1cc2ccc(-c3ncc(Cl)c(Nc4ccc(-c5cn[nH]c5)cc4)n3)cc2[nH]1. The van der Waals surface area contributed by atoms with Crippen LogP contribution in [0.5, 0.6) is 0 Å². The highest BCUT2D eigenvalue weighted by Crippen LogP contribution is 2.28. The largest absolute Gasteiger partial charge is 0.354 e. The molecule has 0 saturated heterocycles. The van der Waals surface area contributed by atoms with Crippen molar-refractivity contribution in [3.05, 3.63) is 77.8 Å². The molecule has 32 heavy (non-hydrogen) atoms. The Balaban J connectivity index is 1.43. The van der Waals surface area contributed by atoms with Crippen molar-refractivity contribution in [2.45, 2.75) is 0 Å². The van der Waals surface area contributed by atoms with Crippen LogP contribution in [0, 0.1) is 0 Å². The van der Waals surface area contributed by atoms with Gasteiger partial charge in [-0.25, -0.2) is 9.97 Å². The number of benzene rings is 2. The summed E-state index contributed by atoms with van der Waals surface area (Å²) < 4.78 is 0. The lowest BCUT2D eigenvalue weighted by atomic mass is 10.1. The second-order valence-electron chi connectivity index (χ2n) is 7.14. The van der Waals surface area contributed by atoms with Crippen LogP contribution in [-0.2, 0) is 0 Å². The molecule has 9 heteroatoms. The molecule has 5 rings (SSSR count). The molecule has 3 heterocycles. The highest BCUT2D eigenvalue weighted by Gasteiger charge is 2.12. The second-order valence-corrected chi connectivity index (χ2v) is 7.55. The van der Waals surface area contributed by atoms with E-state index in [1.54, 1.807) is 25.5 Å². The fourth-order valence-corrected chi connectivity index (χ4v) is 3.55. The Morgan fingerprint density at radius 2 is 1.81 bits per heavy atom. The summed E-state index contributed by atoms with van der Waals surface area (Å²) in [4.78, 5) is 24.0. The maximum Gasteiger partial charge on any atom is 0.267 e. The van der Waals surface area contributed by atoms with Crippen molar-refractivity contribution >= 4 is 39.9 Å². The third-order valence-electron chi connectivity index (χ3n) is 5.08. The molecule has 5 aromatic rings. The quantitative estimate of drug-likeness (QED) is 0.312. The summed E-state index contributed by atoms with van der Waals surface area (Å²) in [7, 11) is 1.60. The zero-order valence-electron chi connectivity index (χ0n) is 17.0. The first-order valence-corrected chi connectivity index (χ1v) is 10.2. The van der Waals surface area contributed by atoms with E-state index < -0.39 is 0 Å². The lowest BCUT2D eigenvalue weighted by Gasteiger charge is -2.10. The Kier molecular flexibility index (Phi) is 5.04. The van der Waals surface area contributed by atoms with Crippen LogP contribution in [0.25, 0.3) is 33.4 Å². The minimum atomic E-state index is -0.171. The van der Waals surface area contributed by atoms with Gasteiger partial charge in [0.25, 0.3) is 5.91 Å². The van der Waals surface area contributed by atoms with Gasteiger partial charge in [-0.3, -0.25) is 9.89 Å². The van der Waals surface area contributed by atoms with Gasteiger partial charge in [-0.2, -0.15) is 5.10 Å². The molecule has 0 aliphatic heterocycles. The summed E-state index contributed by atoms with van der Waals surface area (Å²) >= 11 is 6.34. The van der Waals surface area contributed by atoms with E-state index in [1.165, 1.54) is 0 Å². The number of hydrogen-bond acceptors (Lipinski definition) is 5. The maximum atomic E-state index is 11.9. The van der Waals surface area contributed by atoms with Gasteiger partial charge in [0, 0.05) is 41.0 Å². The highest BCUT2D eigenvalue weighted by atomic mass is 35.5. The number of nitrogens with one attached hydrogen (secondary N) is 4. The minimum absolute atomic E-state index is 0.171. The number of rotatable bonds is 5. The fraction of sp³-hybridized carbons (Fsp3) is 0.0435. The van der Waals surface area contributed by atoms with Crippen molar-refractivity contribution in [1.29, 1.82) is 0 Å². The number of halogens is 1. The number of nitrogens with zero attached hydrogens (tertiary/aromatic N) is 3. The van der Waals surface area contributed by atoms with Gasteiger partial charge in [-0.05, 0) is 29.8 Å². The van der Waals surface area contributed by atoms with E-state index in [9.17, 15) is 4.79 Å². The number of amides is 1. The van der Waals surface area contributed by atoms with Crippen molar-refractivity contribution in [2.75, 3.05) is 12.4 Å². The van der Waals surface area contributed by atoms with Crippen LogP contribution in [-0.4, -0.2) is 38.1 Å². The van der Waals surface area contributed by atoms with E-state index in [0.717, 1.165) is 33.3 Å². The molecule has 8 nitrogen and oxygen atoms in total. The summed E-state index contributed by atoms with van der Waals surface area (Å²) in [6, 6.07) is 15.4. The standard InChI is InChI=1S/C23H18ClN7O/c1-25-23(32)20-8-14-2-3-15(9-19(14)30-20)21-26-12-18(24)22(31-21)29-17-6-4-13(5-7-17)16-10-27-28-11-16/h2-12,30H,1H3,(H,25,32)(H,27,28)(H,26,29,31). The molecule has 158 valence electrons. The van der Waals surface area contributed by atoms with Crippen molar-refractivity contribution in [2.24, 2.45) is 0 Å². The average molecular weight is 444 g/mol. The monoisotopic (exact) mass is 443 g/mol. The number of carbonyl (C=O) groups is 1. The topological polar surface area (TPSA) is 111 Å². The number of carbonyl (C=O) groups excluding carboxylic acids is 1. The number of aromatic amines is 2. The molecule has 2 aromatic carbocycles. The van der Waals surface area contributed by atoms with Crippen molar-refractivity contribution < 1.29 is 4.79 Å². The van der Waals surface area contributed by atoms with Crippen LogP contribution < -0.4 is 10.6 Å². The van der Waals surface area contributed by atoms with Crippen molar-refractivity contribution in [3.8, 4) is 22.5 Å². The highest BCUT2D eigenvalue weighted by molar-refractivity contribution is 6.32. The molecule has 4 N–H and O–H groups in total. The molecule has 1 amide bonds. The number of aromatic nitrogens is 5. The molecule has 0 radical (unpaired) electrons. The Morgan fingerprint density at radius 1 is 1.00 bits per heavy atom. The lowest BCUT2D eigenvalue weighted by molar-refractivity contribution is 0.0959. The van der Waals surface area contributed by atoms with E-state index in [4.69, 9.17) is 11.6 Å². The number of fused-ring (bicyclic) bond motifs is 1. The van der Waals surface area contributed by atoms with Crippen LogP contribution in [0.15, 0.2) is 67.1 Å². The van der Waals surface area contributed by atoms with Gasteiger partial charge < -0.3 is 15.6 Å². The van der Waals surface area contributed by atoms with E-state index >= 15 is 0 Å². The van der Waals surface area contributed by atoms with Crippen LogP contribution in [0.4, 0.5) is 11.5 Å². The first-order chi connectivity index (χ1) is 15.6. The Morgan fingerprint density at radius 3 is 2.56 bits per heavy atom. The molecule has 0 atom stereocenters. The van der Waals surface area contributed by atoms with E-state index in [1.807, 2.05) is 48.7 Å². The van der Waals surface area contributed by atoms with Gasteiger partial charge in [0.15, 0.2) is 11.6 Å². The molecular formula is C23H18ClN7O. The van der Waals surface area contributed by atoms with E-state index in [-0.39, 0.29) is 5.91 Å². The molecule has 3 aromatic heterocycles. The van der Waals surface area contributed by atoms with Crippen LogP contribution in [0.3, 0.4) is 0 Å². The molecule has 0 fully saturated rings. The lowest BCUT2D eigenvalue weighted by Crippen LogP contribution is -2.17. The van der Waals surface area contributed by atoms with Gasteiger partial charge >= 0.3 is 0 Å². The maximum absolute atomic E-state index is 11.9. The summed E-state index contributed by atoms with van der Waals surface area (Å²) in [6.45, 7) is 0. The molecule has 0 unspecified atom stereocenters. The van der Waals surface area contributed by atoms with E-state index in [2.05, 4.69) is 35.8 Å². The Labute approximate surface area is 188 Å².